The van der Waals surface area contributed by atoms with Crippen LogP contribution in [0, 0.1) is 5.92 Å². The molecule has 0 heterocycles. The Labute approximate surface area is 194 Å². The van der Waals surface area contributed by atoms with E-state index in [2.05, 4.69) is 19.2 Å². The summed E-state index contributed by atoms with van der Waals surface area (Å²) < 4.78 is 17.4. The van der Waals surface area contributed by atoms with Crippen LogP contribution in [0.2, 0.25) is 5.02 Å². The van der Waals surface area contributed by atoms with Gasteiger partial charge in [-0.3, -0.25) is 4.79 Å². The van der Waals surface area contributed by atoms with Gasteiger partial charge in [0.2, 0.25) is 0 Å². The Morgan fingerprint density at radius 3 is 2.47 bits per heavy atom. The van der Waals surface area contributed by atoms with Crippen molar-refractivity contribution in [2.75, 3.05) is 18.5 Å². The molecule has 0 aliphatic rings. The van der Waals surface area contributed by atoms with Crippen LogP contribution in [0.3, 0.4) is 0 Å². The molecule has 3 aromatic rings. The molecule has 0 saturated heterocycles. The fourth-order valence-corrected chi connectivity index (χ4v) is 3.21. The molecule has 0 fully saturated rings. The average Bonchev–Trinajstić information content (AvgIpc) is 2.77. The number of ether oxygens (including phenoxy) is 3. The first-order chi connectivity index (χ1) is 15.5. The molecule has 0 aliphatic heterocycles. The molecule has 0 aromatic heterocycles. The van der Waals surface area contributed by atoms with Gasteiger partial charge in [0.25, 0.3) is 5.91 Å². The van der Waals surface area contributed by atoms with Gasteiger partial charge >= 0.3 is 0 Å². The van der Waals surface area contributed by atoms with Crippen molar-refractivity contribution in [2.24, 2.45) is 5.92 Å². The molecule has 1 amide bonds. The summed E-state index contributed by atoms with van der Waals surface area (Å²) >= 11 is 6.17. The molecule has 5 nitrogen and oxygen atoms in total. The molecular weight excluding hydrogens is 426 g/mol. The zero-order valence-corrected chi connectivity index (χ0v) is 19.3. The maximum atomic E-state index is 13.0. The number of nitrogens with one attached hydrogen (secondary N) is 1. The number of anilines is 1. The molecular formula is C26H28ClNO4. The van der Waals surface area contributed by atoms with E-state index in [1.54, 1.807) is 36.4 Å². The van der Waals surface area contributed by atoms with Crippen molar-refractivity contribution in [1.29, 1.82) is 0 Å². The van der Waals surface area contributed by atoms with E-state index in [9.17, 15) is 4.79 Å². The standard InChI is InChI=1S/C26H28ClNO4/c1-4-31-24-12-10-19(14-20(24)17-30-16-18(2)3)26(29)28-23-15-21(27)11-13-25(23)32-22-8-6-5-7-9-22/h5-15,18H,4,16-17H2,1-3H3,(H,28,29). The second-order valence-electron chi connectivity index (χ2n) is 7.67. The van der Waals surface area contributed by atoms with Crippen LogP contribution < -0.4 is 14.8 Å². The zero-order valence-electron chi connectivity index (χ0n) is 18.6. The lowest BCUT2D eigenvalue weighted by Gasteiger charge is -2.15. The minimum atomic E-state index is -0.279. The van der Waals surface area contributed by atoms with Gasteiger partial charge in [0.15, 0.2) is 5.75 Å². The highest BCUT2D eigenvalue weighted by atomic mass is 35.5. The average molecular weight is 454 g/mol. The Balaban J connectivity index is 1.81. The van der Waals surface area contributed by atoms with E-state index in [-0.39, 0.29) is 5.91 Å². The van der Waals surface area contributed by atoms with E-state index >= 15 is 0 Å². The number of benzene rings is 3. The predicted molar refractivity (Wildman–Crippen MR) is 128 cm³/mol. The summed E-state index contributed by atoms with van der Waals surface area (Å²) in [5.74, 6) is 2.02. The molecule has 168 valence electrons. The Morgan fingerprint density at radius 1 is 1.00 bits per heavy atom. The summed E-state index contributed by atoms with van der Waals surface area (Å²) in [6, 6.07) is 19.8. The third-order valence-corrected chi connectivity index (χ3v) is 4.73. The summed E-state index contributed by atoms with van der Waals surface area (Å²) in [5, 5.41) is 3.41. The predicted octanol–water partition coefficient (Wildman–Crippen LogP) is 6.96. The largest absolute Gasteiger partial charge is 0.494 e. The molecule has 0 radical (unpaired) electrons. The summed E-state index contributed by atoms with van der Waals surface area (Å²) in [6.07, 6.45) is 0. The van der Waals surface area contributed by atoms with Gasteiger partial charge in [-0.15, -0.1) is 0 Å². The van der Waals surface area contributed by atoms with Crippen LogP contribution in [-0.2, 0) is 11.3 Å². The molecule has 1 N–H and O–H groups in total. The molecule has 3 rings (SSSR count). The van der Waals surface area contributed by atoms with Crippen LogP contribution in [0.1, 0.15) is 36.7 Å². The molecule has 0 unspecified atom stereocenters. The molecule has 6 heteroatoms. The van der Waals surface area contributed by atoms with E-state index < -0.39 is 0 Å². The van der Waals surface area contributed by atoms with Crippen molar-refractivity contribution < 1.29 is 19.0 Å². The smallest absolute Gasteiger partial charge is 0.255 e. The van der Waals surface area contributed by atoms with Gasteiger partial charge in [-0.25, -0.2) is 0 Å². The molecule has 0 spiro atoms. The van der Waals surface area contributed by atoms with E-state index in [4.69, 9.17) is 25.8 Å². The first-order valence-electron chi connectivity index (χ1n) is 10.6. The first kappa shape index (κ1) is 23.6. The van der Waals surface area contributed by atoms with Gasteiger partial charge in [-0.1, -0.05) is 43.6 Å². The topological polar surface area (TPSA) is 56.8 Å². The Kier molecular flexibility index (Phi) is 8.54. The minimum absolute atomic E-state index is 0.279. The molecule has 0 saturated carbocycles. The molecule has 0 aliphatic carbocycles. The Hall–Kier alpha value is -3.02. The lowest BCUT2D eigenvalue weighted by atomic mass is 10.1. The summed E-state index contributed by atoms with van der Waals surface area (Å²) in [4.78, 5) is 13.0. The van der Waals surface area contributed by atoms with Crippen molar-refractivity contribution in [1.82, 2.24) is 0 Å². The summed E-state index contributed by atoms with van der Waals surface area (Å²) in [7, 11) is 0. The summed E-state index contributed by atoms with van der Waals surface area (Å²) in [6.45, 7) is 7.64. The second-order valence-corrected chi connectivity index (χ2v) is 8.11. The lowest BCUT2D eigenvalue weighted by Crippen LogP contribution is -2.13. The van der Waals surface area contributed by atoms with Crippen molar-refractivity contribution >= 4 is 23.2 Å². The number of amides is 1. The Morgan fingerprint density at radius 2 is 1.75 bits per heavy atom. The van der Waals surface area contributed by atoms with Crippen LogP contribution >= 0.6 is 11.6 Å². The van der Waals surface area contributed by atoms with Gasteiger partial charge in [-0.2, -0.15) is 0 Å². The number of carbonyl (C=O) groups excluding carboxylic acids is 1. The number of para-hydroxylation sites is 1. The first-order valence-corrected chi connectivity index (χ1v) is 11.0. The molecule has 0 bridgehead atoms. The van der Waals surface area contributed by atoms with Gasteiger partial charge in [0.05, 0.1) is 18.9 Å². The van der Waals surface area contributed by atoms with Crippen LogP contribution in [0.15, 0.2) is 66.7 Å². The van der Waals surface area contributed by atoms with Gasteiger partial charge < -0.3 is 19.5 Å². The quantitative estimate of drug-likeness (QED) is 0.360. The Bertz CT molecular complexity index is 1040. The fraction of sp³-hybridized carbons (Fsp3) is 0.269. The van der Waals surface area contributed by atoms with E-state index in [0.29, 0.717) is 59.3 Å². The monoisotopic (exact) mass is 453 g/mol. The van der Waals surface area contributed by atoms with Crippen LogP contribution in [0.25, 0.3) is 0 Å². The molecule has 3 aromatic carbocycles. The number of hydrogen-bond acceptors (Lipinski definition) is 4. The van der Waals surface area contributed by atoms with Crippen LogP contribution in [-0.4, -0.2) is 19.1 Å². The van der Waals surface area contributed by atoms with Gasteiger partial charge in [0.1, 0.15) is 11.5 Å². The van der Waals surface area contributed by atoms with Gasteiger partial charge in [0, 0.05) is 22.8 Å². The molecule has 0 atom stereocenters. The van der Waals surface area contributed by atoms with E-state index in [1.165, 1.54) is 0 Å². The zero-order chi connectivity index (χ0) is 22.9. The molecule has 32 heavy (non-hydrogen) atoms. The van der Waals surface area contributed by atoms with Crippen molar-refractivity contribution in [3.8, 4) is 17.2 Å². The third-order valence-electron chi connectivity index (χ3n) is 4.49. The van der Waals surface area contributed by atoms with Crippen molar-refractivity contribution in [3.05, 3.63) is 82.9 Å². The lowest BCUT2D eigenvalue weighted by molar-refractivity contribution is 0.0948. The fourth-order valence-electron chi connectivity index (χ4n) is 3.03. The normalized spacial score (nSPS) is 10.8. The highest BCUT2D eigenvalue weighted by molar-refractivity contribution is 6.31. The number of rotatable bonds is 10. The number of hydrogen-bond donors (Lipinski definition) is 1. The van der Waals surface area contributed by atoms with Crippen molar-refractivity contribution in [3.63, 3.8) is 0 Å². The van der Waals surface area contributed by atoms with Crippen LogP contribution in [0.4, 0.5) is 5.69 Å². The number of halogens is 1. The minimum Gasteiger partial charge on any atom is -0.494 e. The number of carbonyl (C=O) groups is 1. The summed E-state index contributed by atoms with van der Waals surface area (Å²) in [5.41, 5.74) is 1.80. The third kappa shape index (κ3) is 6.74. The second kappa shape index (κ2) is 11.6. The highest BCUT2D eigenvalue weighted by Gasteiger charge is 2.14. The SMILES string of the molecule is CCOc1ccc(C(=O)Nc2cc(Cl)ccc2Oc2ccccc2)cc1COCC(C)C. The maximum absolute atomic E-state index is 13.0. The van der Waals surface area contributed by atoms with E-state index in [1.807, 2.05) is 37.3 Å². The van der Waals surface area contributed by atoms with Crippen LogP contribution in [0.5, 0.6) is 17.2 Å². The highest BCUT2D eigenvalue weighted by Crippen LogP contribution is 2.32. The van der Waals surface area contributed by atoms with Gasteiger partial charge in [-0.05, 0) is 61.4 Å². The van der Waals surface area contributed by atoms with E-state index in [0.717, 1.165) is 5.56 Å². The van der Waals surface area contributed by atoms with Crippen molar-refractivity contribution in [2.45, 2.75) is 27.4 Å². The maximum Gasteiger partial charge on any atom is 0.255 e.